The maximum atomic E-state index is 13.2. The van der Waals surface area contributed by atoms with Gasteiger partial charge in [-0.15, -0.1) is 0 Å². The van der Waals surface area contributed by atoms with Crippen LogP contribution in [0.2, 0.25) is 0 Å². The molecule has 0 atom stereocenters. The van der Waals surface area contributed by atoms with Gasteiger partial charge in [-0.25, -0.2) is 16.8 Å². The molecule has 4 aromatic rings. The quantitative estimate of drug-likeness (QED) is 0.280. The molecule has 4 rings (SSSR count). The Morgan fingerprint density at radius 1 is 0.750 bits per heavy atom. The maximum Gasteiger partial charge on any atom is 0.264 e. The summed E-state index contributed by atoms with van der Waals surface area (Å²) in [4.78, 5) is 13.2. The summed E-state index contributed by atoms with van der Waals surface area (Å²) in [6.45, 7) is 0. The molecule has 0 aliphatic heterocycles. The number of ether oxygens (including phenoxy) is 2. The number of rotatable bonds is 10. The first-order valence-electron chi connectivity index (χ1n) is 11.9. The zero-order valence-electron chi connectivity index (χ0n) is 21.9. The van der Waals surface area contributed by atoms with Gasteiger partial charge >= 0.3 is 0 Å². The zero-order valence-corrected chi connectivity index (χ0v) is 23.5. The lowest BCUT2D eigenvalue weighted by atomic mass is 10.1. The molecule has 0 saturated heterocycles. The highest BCUT2D eigenvalue weighted by Gasteiger charge is 2.25. The van der Waals surface area contributed by atoms with E-state index < -0.39 is 26.0 Å². The van der Waals surface area contributed by atoms with Gasteiger partial charge in [0, 0.05) is 18.8 Å². The van der Waals surface area contributed by atoms with Gasteiger partial charge in [0.05, 0.1) is 40.9 Å². The molecule has 1 amide bonds. The van der Waals surface area contributed by atoms with E-state index in [2.05, 4.69) is 10.0 Å². The van der Waals surface area contributed by atoms with E-state index in [0.717, 1.165) is 4.31 Å². The van der Waals surface area contributed by atoms with Crippen LogP contribution in [0.25, 0.3) is 0 Å². The van der Waals surface area contributed by atoms with E-state index >= 15 is 0 Å². The van der Waals surface area contributed by atoms with Crippen molar-refractivity contribution in [2.24, 2.45) is 0 Å². The number of para-hydroxylation sites is 1. The molecule has 10 nitrogen and oxygen atoms in total. The standard InChI is InChI=1S/C28H27N3O7S2/c1-31(40(35,36)23-9-5-4-6-10-23)26-12-8-7-11-24(26)28(32)29-20-13-16-22(17-14-20)39(33,34)30-25-19-21(37-2)15-18-27(25)38-3/h4-19,30H,1-3H3,(H,29,32). The van der Waals surface area contributed by atoms with Crippen LogP contribution in [0.5, 0.6) is 11.5 Å². The summed E-state index contributed by atoms with van der Waals surface area (Å²) in [6.07, 6.45) is 0. The summed E-state index contributed by atoms with van der Waals surface area (Å²) >= 11 is 0. The maximum absolute atomic E-state index is 13.2. The highest BCUT2D eigenvalue weighted by atomic mass is 32.2. The number of amides is 1. The summed E-state index contributed by atoms with van der Waals surface area (Å²) in [7, 11) is -3.66. The Kier molecular flexibility index (Phi) is 8.31. The lowest BCUT2D eigenvalue weighted by Gasteiger charge is -2.22. The lowest BCUT2D eigenvalue weighted by molar-refractivity contribution is 0.102. The van der Waals surface area contributed by atoms with E-state index in [1.54, 1.807) is 42.5 Å². The summed E-state index contributed by atoms with van der Waals surface area (Å²) in [5, 5.41) is 2.69. The third-order valence-electron chi connectivity index (χ3n) is 5.96. The van der Waals surface area contributed by atoms with Gasteiger partial charge < -0.3 is 14.8 Å². The number of methoxy groups -OCH3 is 2. The summed E-state index contributed by atoms with van der Waals surface area (Å²) < 4.78 is 66.2. The average Bonchev–Trinajstić information content (AvgIpc) is 2.97. The molecule has 12 heteroatoms. The van der Waals surface area contributed by atoms with Gasteiger partial charge in [-0.05, 0) is 60.7 Å². The van der Waals surface area contributed by atoms with Gasteiger partial charge in [0.2, 0.25) is 0 Å². The van der Waals surface area contributed by atoms with E-state index in [1.165, 1.54) is 75.9 Å². The minimum Gasteiger partial charge on any atom is -0.497 e. The van der Waals surface area contributed by atoms with Crippen LogP contribution in [0, 0.1) is 0 Å². The molecule has 0 radical (unpaired) electrons. The van der Waals surface area contributed by atoms with Crippen LogP contribution < -0.4 is 23.8 Å². The van der Waals surface area contributed by atoms with Crippen molar-refractivity contribution in [2.75, 3.05) is 35.6 Å². The Balaban J connectivity index is 1.54. The molecule has 0 heterocycles. The average molecular weight is 582 g/mol. The van der Waals surface area contributed by atoms with Crippen LogP contribution in [-0.2, 0) is 20.0 Å². The molecule has 0 aromatic heterocycles. The van der Waals surface area contributed by atoms with Crippen LogP contribution in [0.1, 0.15) is 10.4 Å². The van der Waals surface area contributed by atoms with Crippen molar-refractivity contribution in [3.8, 4) is 11.5 Å². The summed E-state index contributed by atoms with van der Waals surface area (Å²) in [6, 6.07) is 24.4. The molecule has 0 aliphatic carbocycles. The Hall–Kier alpha value is -4.55. The van der Waals surface area contributed by atoms with Crippen molar-refractivity contribution in [1.29, 1.82) is 0 Å². The second-order valence-corrected chi connectivity index (χ2v) is 12.1. The molecular weight excluding hydrogens is 554 g/mol. The van der Waals surface area contributed by atoms with Crippen LogP contribution in [0.3, 0.4) is 0 Å². The smallest absolute Gasteiger partial charge is 0.264 e. The topological polar surface area (TPSA) is 131 Å². The summed E-state index contributed by atoms with van der Waals surface area (Å²) in [5.74, 6) is 0.186. The molecule has 0 bridgehead atoms. The first-order valence-corrected chi connectivity index (χ1v) is 14.8. The first kappa shape index (κ1) is 28.5. The van der Waals surface area contributed by atoms with Crippen molar-refractivity contribution in [1.82, 2.24) is 0 Å². The normalized spacial score (nSPS) is 11.4. The fraction of sp³-hybridized carbons (Fsp3) is 0.107. The number of carbonyl (C=O) groups excluding carboxylic acids is 1. The minimum atomic E-state index is -4.00. The molecule has 40 heavy (non-hydrogen) atoms. The number of benzene rings is 4. The molecular formula is C28H27N3O7S2. The predicted molar refractivity (Wildman–Crippen MR) is 153 cm³/mol. The van der Waals surface area contributed by atoms with Crippen molar-refractivity contribution in [2.45, 2.75) is 9.79 Å². The van der Waals surface area contributed by atoms with Crippen LogP contribution in [-0.4, -0.2) is 44.0 Å². The molecule has 208 valence electrons. The molecule has 2 N–H and O–H groups in total. The van der Waals surface area contributed by atoms with Gasteiger partial charge in [0.15, 0.2) is 0 Å². The van der Waals surface area contributed by atoms with E-state index in [-0.39, 0.29) is 26.7 Å². The molecule has 0 unspecified atom stereocenters. The second kappa shape index (κ2) is 11.7. The highest BCUT2D eigenvalue weighted by Crippen LogP contribution is 2.31. The summed E-state index contributed by atoms with van der Waals surface area (Å²) in [5.41, 5.74) is 0.809. The molecule has 0 saturated carbocycles. The highest BCUT2D eigenvalue weighted by molar-refractivity contribution is 7.93. The van der Waals surface area contributed by atoms with Gasteiger partial charge in [0.1, 0.15) is 11.5 Å². The fourth-order valence-corrected chi connectivity index (χ4v) is 6.13. The van der Waals surface area contributed by atoms with Gasteiger partial charge in [-0.2, -0.15) is 0 Å². The van der Waals surface area contributed by atoms with E-state index in [4.69, 9.17) is 9.47 Å². The third kappa shape index (κ3) is 6.03. The number of hydrogen-bond acceptors (Lipinski definition) is 7. The number of hydrogen-bond donors (Lipinski definition) is 2. The molecule has 4 aromatic carbocycles. The zero-order chi connectivity index (χ0) is 28.9. The van der Waals surface area contributed by atoms with E-state index in [9.17, 15) is 21.6 Å². The lowest BCUT2D eigenvalue weighted by Crippen LogP contribution is -2.29. The Morgan fingerprint density at radius 2 is 1.40 bits per heavy atom. The SMILES string of the molecule is COc1ccc(OC)c(NS(=O)(=O)c2ccc(NC(=O)c3ccccc3N(C)S(=O)(=O)c3ccccc3)cc2)c1. The van der Waals surface area contributed by atoms with Crippen molar-refractivity contribution in [3.63, 3.8) is 0 Å². The van der Waals surface area contributed by atoms with Crippen LogP contribution in [0.4, 0.5) is 17.1 Å². The third-order valence-corrected chi connectivity index (χ3v) is 9.13. The Morgan fingerprint density at radius 3 is 2.05 bits per heavy atom. The molecule has 0 spiro atoms. The monoisotopic (exact) mass is 581 g/mol. The van der Waals surface area contributed by atoms with Crippen molar-refractivity contribution >= 4 is 43.0 Å². The minimum absolute atomic E-state index is 0.0514. The van der Waals surface area contributed by atoms with Crippen LogP contribution >= 0.6 is 0 Å². The number of sulfonamides is 2. The van der Waals surface area contributed by atoms with Gasteiger partial charge in [-0.3, -0.25) is 13.8 Å². The first-order chi connectivity index (χ1) is 19.1. The Bertz CT molecular complexity index is 1730. The number of nitrogens with zero attached hydrogens (tertiary/aromatic N) is 1. The van der Waals surface area contributed by atoms with Crippen molar-refractivity contribution in [3.05, 3.63) is 103 Å². The van der Waals surface area contributed by atoms with E-state index in [0.29, 0.717) is 17.2 Å². The fourth-order valence-electron chi connectivity index (χ4n) is 3.83. The number of carbonyl (C=O) groups is 1. The number of nitrogens with one attached hydrogen (secondary N) is 2. The number of anilines is 3. The molecule has 0 fully saturated rings. The van der Waals surface area contributed by atoms with Gasteiger partial charge in [0.25, 0.3) is 26.0 Å². The molecule has 0 aliphatic rings. The van der Waals surface area contributed by atoms with Crippen LogP contribution in [0.15, 0.2) is 107 Å². The predicted octanol–water partition coefficient (Wildman–Crippen LogP) is 4.58. The largest absolute Gasteiger partial charge is 0.497 e. The second-order valence-electron chi connectivity index (χ2n) is 8.45. The Labute approximate surface area is 233 Å². The van der Waals surface area contributed by atoms with Gasteiger partial charge in [-0.1, -0.05) is 30.3 Å². The van der Waals surface area contributed by atoms with E-state index in [1.807, 2.05) is 0 Å². The van der Waals surface area contributed by atoms with Crippen molar-refractivity contribution < 1.29 is 31.1 Å².